The molecule has 0 spiro atoms. The van der Waals surface area contributed by atoms with Gasteiger partial charge in [0.1, 0.15) is 17.5 Å². The van der Waals surface area contributed by atoms with Crippen LogP contribution in [0, 0.1) is 11.3 Å². The van der Waals surface area contributed by atoms with Gasteiger partial charge in [-0.3, -0.25) is 4.79 Å². The topological polar surface area (TPSA) is 100 Å². The van der Waals surface area contributed by atoms with E-state index in [-0.39, 0.29) is 17.1 Å². The van der Waals surface area contributed by atoms with Crippen molar-refractivity contribution in [3.8, 4) is 6.07 Å². The molecule has 0 aromatic carbocycles. The Morgan fingerprint density at radius 2 is 2.22 bits per heavy atom. The first kappa shape index (κ1) is 12.3. The smallest absolute Gasteiger partial charge is 0.164 e. The van der Waals surface area contributed by atoms with Gasteiger partial charge in [0.25, 0.3) is 0 Å². The number of carbonyl (C=O) groups is 1. The number of nitrogens with zero attached hydrogens (tertiary/aromatic N) is 2. The third kappa shape index (κ3) is 2.24. The molecule has 0 aliphatic heterocycles. The zero-order chi connectivity index (χ0) is 13.1. The molecular weight excluding hydrogens is 230 g/mol. The molecule has 5 heteroatoms. The highest BCUT2D eigenvalue weighted by Gasteiger charge is 2.26. The summed E-state index contributed by atoms with van der Waals surface area (Å²) in [6.45, 7) is 0. The van der Waals surface area contributed by atoms with E-state index in [1.54, 1.807) is 12.1 Å². The van der Waals surface area contributed by atoms with E-state index < -0.39 is 6.04 Å². The van der Waals surface area contributed by atoms with E-state index in [0.29, 0.717) is 30.5 Å². The van der Waals surface area contributed by atoms with Crippen LogP contribution in [-0.4, -0.2) is 15.9 Å². The molecule has 0 fully saturated rings. The quantitative estimate of drug-likeness (QED) is 0.820. The van der Waals surface area contributed by atoms with Gasteiger partial charge in [0.2, 0.25) is 0 Å². The lowest BCUT2D eigenvalue weighted by Crippen LogP contribution is -2.24. The van der Waals surface area contributed by atoms with Crippen LogP contribution in [0.2, 0.25) is 0 Å². The zero-order valence-electron chi connectivity index (χ0n) is 9.76. The summed E-state index contributed by atoms with van der Waals surface area (Å²) in [6, 6.07) is 4.42. The predicted molar refractivity (Wildman–Crippen MR) is 64.4 cm³/mol. The average Bonchev–Trinajstić information content (AvgIpc) is 2.38. The molecule has 0 radical (unpaired) electrons. The lowest BCUT2D eigenvalue weighted by molar-refractivity contribution is -0.116. The van der Waals surface area contributed by atoms with Crippen molar-refractivity contribution in [2.24, 2.45) is 5.73 Å². The molecule has 0 saturated heterocycles. The van der Waals surface area contributed by atoms with Crippen molar-refractivity contribution < 1.29 is 9.90 Å². The fourth-order valence-corrected chi connectivity index (χ4v) is 2.02. The molecule has 92 valence electrons. The van der Waals surface area contributed by atoms with Gasteiger partial charge in [0, 0.05) is 19.0 Å². The first-order valence-corrected chi connectivity index (χ1v) is 5.70. The molecule has 1 atom stereocenters. The number of nitriles is 1. The van der Waals surface area contributed by atoms with Gasteiger partial charge in [0.15, 0.2) is 5.78 Å². The number of hydrogen-bond acceptors (Lipinski definition) is 5. The second-order valence-corrected chi connectivity index (χ2v) is 4.20. The van der Waals surface area contributed by atoms with Gasteiger partial charge in [-0.1, -0.05) is 6.07 Å². The Labute approximate surface area is 105 Å². The number of aliphatic hydroxyl groups is 1. The summed E-state index contributed by atoms with van der Waals surface area (Å²) in [4.78, 5) is 15.7. The number of hydrogen-bond donors (Lipinski definition) is 2. The van der Waals surface area contributed by atoms with Crippen molar-refractivity contribution in [1.82, 2.24) is 4.98 Å². The average molecular weight is 243 g/mol. The molecule has 18 heavy (non-hydrogen) atoms. The van der Waals surface area contributed by atoms with Gasteiger partial charge in [-0.15, -0.1) is 0 Å². The minimum atomic E-state index is -0.682. The number of aromatic nitrogens is 1. The first-order valence-electron chi connectivity index (χ1n) is 5.70. The third-order valence-electron chi connectivity index (χ3n) is 3.00. The lowest BCUT2D eigenvalue weighted by atomic mass is 9.88. The van der Waals surface area contributed by atoms with Crippen LogP contribution < -0.4 is 5.73 Å². The van der Waals surface area contributed by atoms with Crippen molar-refractivity contribution in [2.45, 2.75) is 25.3 Å². The maximum absolute atomic E-state index is 11.8. The molecule has 3 N–H and O–H groups in total. The number of rotatable bonds is 2. The molecule has 5 nitrogen and oxygen atoms in total. The SMILES string of the molecule is N#Cc1ccc(C(N)C2=C(O)CCCC2=O)cn1. The molecule has 1 aliphatic carbocycles. The van der Waals surface area contributed by atoms with Gasteiger partial charge in [0.05, 0.1) is 11.6 Å². The fraction of sp³-hybridized carbons (Fsp3) is 0.308. The first-order chi connectivity index (χ1) is 8.63. The second kappa shape index (κ2) is 4.98. The number of Topliss-reactive ketones (excluding diaryl/α,β-unsaturated/α-hetero) is 1. The summed E-state index contributed by atoms with van der Waals surface area (Å²) < 4.78 is 0. The molecule has 1 heterocycles. The summed E-state index contributed by atoms with van der Waals surface area (Å²) in [5.41, 5.74) is 7.16. The van der Waals surface area contributed by atoms with Gasteiger partial charge < -0.3 is 10.8 Å². The Morgan fingerprint density at radius 1 is 1.44 bits per heavy atom. The van der Waals surface area contributed by atoms with Crippen LogP contribution in [0.3, 0.4) is 0 Å². The Balaban J connectivity index is 2.33. The van der Waals surface area contributed by atoms with Crippen LogP contribution in [0.15, 0.2) is 29.7 Å². The Bertz CT molecular complexity index is 540. The minimum Gasteiger partial charge on any atom is -0.512 e. The highest BCUT2D eigenvalue weighted by atomic mass is 16.3. The van der Waals surface area contributed by atoms with E-state index in [2.05, 4.69) is 4.98 Å². The van der Waals surface area contributed by atoms with Gasteiger partial charge in [-0.2, -0.15) is 5.26 Å². The van der Waals surface area contributed by atoms with Crippen molar-refractivity contribution in [1.29, 1.82) is 5.26 Å². The normalized spacial score (nSPS) is 17.4. The van der Waals surface area contributed by atoms with Gasteiger partial charge in [-0.25, -0.2) is 4.98 Å². The summed E-state index contributed by atoms with van der Waals surface area (Å²) in [7, 11) is 0. The molecule has 1 unspecified atom stereocenters. The van der Waals surface area contributed by atoms with Crippen LogP contribution in [0.1, 0.15) is 36.6 Å². The highest BCUT2D eigenvalue weighted by molar-refractivity contribution is 5.97. The molecule has 2 rings (SSSR count). The largest absolute Gasteiger partial charge is 0.512 e. The van der Waals surface area contributed by atoms with E-state index in [1.165, 1.54) is 6.20 Å². The number of pyridine rings is 1. The Kier molecular flexibility index (Phi) is 3.40. The number of allylic oxidation sites excluding steroid dienone is 1. The molecule has 1 aromatic heterocycles. The molecule has 0 saturated carbocycles. The number of ketones is 1. The van der Waals surface area contributed by atoms with Crippen LogP contribution in [0.25, 0.3) is 0 Å². The van der Waals surface area contributed by atoms with E-state index in [1.807, 2.05) is 6.07 Å². The van der Waals surface area contributed by atoms with E-state index >= 15 is 0 Å². The zero-order valence-corrected chi connectivity index (χ0v) is 9.76. The summed E-state index contributed by atoms with van der Waals surface area (Å²) in [5, 5.41) is 18.4. The van der Waals surface area contributed by atoms with Crippen molar-refractivity contribution in [3.05, 3.63) is 40.9 Å². The summed E-state index contributed by atoms with van der Waals surface area (Å²) in [5.74, 6) is -0.0429. The van der Waals surface area contributed by atoms with E-state index in [4.69, 9.17) is 11.0 Å². The molecule has 0 amide bonds. The number of carbonyl (C=O) groups excluding carboxylic acids is 1. The van der Waals surface area contributed by atoms with Crippen molar-refractivity contribution >= 4 is 5.78 Å². The summed E-state index contributed by atoms with van der Waals surface area (Å²) in [6.07, 6.45) is 3.02. The Hall–Kier alpha value is -2.19. The molecular formula is C13H13N3O2. The van der Waals surface area contributed by atoms with E-state index in [0.717, 1.165) is 0 Å². The molecule has 1 aromatic rings. The predicted octanol–water partition coefficient (Wildman–Crippen LogP) is 1.52. The number of aliphatic hydroxyl groups excluding tert-OH is 1. The third-order valence-corrected chi connectivity index (χ3v) is 3.00. The van der Waals surface area contributed by atoms with E-state index in [9.17, 15) is 9.90 Å². The van der Waals surface area contributed by atoms with Crippen molar-refractivity contribution in [2.75, 3.05) is 0 Å². The Morgan fingerprint density at radius 3 is 2.78 bits per heavy atom. The maximum atomic E-state index is 11.8. The minimum absolute atomic E-state index is 0.0723. The van der Waals surface area contributed by atoms with Gasteiger partial charge in [-0.05, 0) is 18.1 Å². The standard InChI is InChI=1S/C13H13N3O2/c14-6-9-5-4-8(7-16-9)13(15)12-10(17)2-1-3-11(12)18/h4-5,7,13,17H,1-3,15H2. The van der Waals surface area contributed by atoms with Crippen molar-refractivity contribution in [3.63, 3.8) is 0 Å². The van der Waals surface area contributed by atoms with Crippen LogP contribution in [-0.2, 0) is 4.79 Å². The second-order valence-electron chi connectivity index (χ2n) is 4.20. The lowest BCUT2D eigenvalue weighted by Gasteiger charge is -2.20. The van der Waals surface area contributed by atoms with Crippen LogP contribution >= 0.6 is 0 Å². The molecule has 0 bridgehead atoms. The van der Waals surface area contributed by atoms with Crippen LogP contribution in [0.4, 0.5) is 0 Å². The fourth-order valence-electron chi connectivity index (χ4n) is 2.02. The monoisotopic (exact) mass is 243 g/mol. The number of nitrogens with two attached hydrogens (primary N) is 1. The summed E-state index contributed by atoms with van der Waals surface area (Å²) >= 11 is 0. The van der Waals surface area contributed by atoms with Crippen LogP contribution in [0.5, 0.6) is 0 Å². The molecule has 1 aliphatic rings. The maximum Gasteiger partial charge on any atom is 0.164 e. The highest BCUT2D eigenvalue weighted by Crippen LogP contribution is 2.28. The van der Waals surface area contributed by atoms with Gasteiger partial charge >= 0.3 is 0 Å².